The average molecular weight is 444 g/mol. The first-order valence-electron chi connectivity index (χ1n) is 9.84. The van der Waals surface area contributed by atoms with Gasteiger partial charge in [0.1, 0.15) is 5.82 Å². The van der Waals surface area contributed by atoms with E-state index in [2.05, 4.69) is 14.9 Å². The zero-order valence-corrected chi connectivity index (χ0v) is 17.4. The predicted molar refractivity (Wildman–Crippen MR) is 110 cm³/mol. The molecule has 1 amide bonds. The average Bonchev–Trinajstić information content (AvgIpc) is 3.29. The molecule has 0 atom stereocenters. The normalized spacial score (nSPS) is 15.2. The molecule has 1 saturated heterocycles. The van der Waals surface area contributed by atoms with Crippen molar-refractivity contribution in [3.63, 3.8) is 0 Å². The zero-order chi connectivity index (χ0) is 21.8. The number of carbonyl (C=O) groups excluding carboxylic acids is 1. The Labute approximate surface area is 179 Å². The van der Waals surface area contributed by atoms with E-state index < -0.39 is 15.8 Å². The number of carbonyl (C=O) groups is 1. The highest BCUT2D eigenvalue weighted by atomic mass is 32.2. The SMILES string of the molecule is O=C(CNS(=O)(=O)c1ccc(F)cc1)N1CCC(c2noc(-c3ccccc3)n2)CC1. The van der Waals surface area contributed by atoms with Crippen LogP contribution in [0.3, 0.4) is 0 Å². The lowest BCUT2D eigenvalue weighted by Crippen LogP contribution is -2.43. The molecule has 0 bridgehead atoms. The Bertz CT molecular complexity index is 1140. The molecule has 0 unspecified atom stereocenters. The van der Waals surface area contributed by atoms with Crippen LogP contribution in [-0.2, 0) is 14.8 Å². The van der Waals surface area contributed by atoms with E-state index in [9.17, 15) is 17.6 Å². The van der Waals surface area contributed by atoms with Crippen LogP contribution in [0.4, 0.5) is 4.39 Å². The van der Waals surface area contributed by atoms with Crippen molar-refractivity contribution in [3.05, 3.63) is 66.2 Å². The minimum Gasteiger partial charge on any atom is -0.342 e. The molecule has 2 aromatic carbocycles. The number of benzene rings is 2. The summed E-state index contributed by atoms with van der Waals surface area (Å²) in [7, 11) is -3.88. The van der Waals surface area contributed by atoms with Crippen molar-refractivity contribution >= 4 is 15.9 Å². The van der Waals surface area contributed by atoms with Crippen LogP contribution < -0.4 is 4.72 Å². The number of amides is 1. The number of hydrogen-bond acceptors (Lipinski definition) is 6. The minimum atomic E-state index is -3.88. The number of rotatable bonds is 6. The Morgan fingerprint density at radius 3 is 2.45 bits per heavy atom. The highest BCUT2D eigenvalue weighted by molar-refractivity contribution is 7.89. The molecule has 162 valence electrons. The molecule has 0 aliphatic carbocycles. The van der Waals surface area contributed by atoms with Crippen molar-refractivity contribution in [2.45, 2.75) is 23.7 Å². The highest BCUT2D eigenvalue weighted by Gasteiger charge is 2.28. The van der Waals surface area contributed by atoms with Gasteiger partial charge in [0.15, 0.2) is 5.82 Å². The van der Waals surface area contributed by atoms with Crippen LogP contribution in [0.5, 0.6) is 0 Å². The van der Waals surface area contributed by atoms with Crippen molar-refractivity contribution in [1.82, 2.24) is 19.8 Å². The first kappa shape index (κ1) is 21.1. The maximum Gasteiger partial charge on any atom is 0.257 e. The van der Waals surface area contributed by atoms with E-state index in [-0.39, 0.29) is 23.3 Å². The molecule has 1 fully saturated rings. The van der Waals surface area contributed by atoms with Gasteiger partial charge in [0, 0.05) is 24.6 Å². The van der Waals surface area contributed by atoms with Crippen LogP contribution in [0.15, 0.2) is 64.0 Å². The van der Waals surface area contributed by atoms with Crippen LogP contribution in [-0.4, -0.2) is 49.0 Å². The van der Waals surface area contributed by atoms with Crippen molar-refractivity contribution in [2.24, 2.45) is 0 Å². The molecule has 0 saturated carbocycles. The fourth-order valence-electron chi connectivity index (χ4n) is 3.45. The third-order valence-corrected chi connectivity index (χ3v) is 6.63. The molecule has 0 spiro atoms. The molecule has 1 N–H and O–H groups in total. The van der Waals surface area contributed by atoms with Crippen LogP contribution in [0.25, 0.3) is 11.5 Å². The summed E-state index contributed by atoms with van der Waals surface area (Å²) in [5, 5.41) is 4.09. The van der Waals surface area contributed by atoms with Gasteiger partial charge < -0.3 is 9.42 Å². The maximum atomic E-state index is 13.0. The Morgan fingerprint density at radius 1 is 1.10 bits per heavy atom. The van der Waals surface area contributed by atoms with Gasteiger partial charge in [0.2, 0.25) is 15.9 Å². The summed E-state index contributed by atoms with van der Waals surface area (Å²) >= 11 is 0. The largest absolute Gasteiger partial charge is 0.342 e. The lowest BCUT2D eigenvalue weighted by atomic mass is 9.96. The van der Waals surface area contributed by atoms with Gasteiger partial charge in [0.05, 0.1) is 11.4 Å². The van der Waals surface area contributed by atoms with Crippen LogP contribution in [0, 0.1) is 5.82 Å². The van der Waals surface area contributed by atoms with Crippen LogP contribution in [0.1, 0.15) is 24.6 Å². The smallest absolute Gasteiger partial charge is 0.257 e. The molecule has 1 aliphatic heterocycles. The van der Waals surface area contributed by atoms with Crippen molar-refractivity contribution in [3.8, 4) is 11.5 Å². The Balaban J connectivity index is 1.30. The Morgan fingerprint density at radius 2 is 1.77 bits per heavy atom. The topological polar surface area (TPSA) is 105 Å². The Kier molecular flexibility index (Phi) is 6.10. The van der Waals surface area contributed by atoms with Crippen LogP contribution in [0.2, 0.25) is 0 Å². The Hall–Kier alpha value is -3.11. The number of sulfonamides is 1. The second kappa shape index (κ2) is 8.94. The fourth-order valence-corrected chi connectivity index (χ4v) is 4.43. The second-order valence-corrected chi connectivity index (χ2v) is 9.02. The lowest BCUT2D eigenvalue weighted by molar-refractivity contribution is -0.131. The number of halogens is 1. The van der Waals surface area contributed by atoms with Crippen molar-refractivity contribution in [1.29, 1.82) is 0 Å². The van der Waals surface area contributed by atoms with E-state index in [1.807, 2.05) is 30.3 Å². The summed E-state index contributed by atoms with van der Waals surface area (Å²) in [6.07, 6.45) is 1.31. The van der Waals surface area contributed by atoms with Gasteiger partial charge in [-0.15, -0.1) is 0 Å². The molecular weight excluding hydrogens is 423 g/mol. The number of nitrogens with zero attached hydrogens (tertiary/aromatic N) is 3. The first-order valence-corrected chi connectivity index (χ1v) is 11.3. The molecule has 4 rings (SSSR count). The lowest BCUT2D eigenvalue weighted by Gasteiger charge is -2.30. The van der Waals surface area contributed by atoms with Gasteiger partial charge in [-0.3, -0.25) is 4.79 Å². The predicted octanol–water partition coefficient (Wildman–Crippen LogP) is 2.56. The number of likely N-dealkylation sites (tertiary alicyclic amines) is 1. The van der Waals surface area contributed by atoms with E-state index in [0.717, 1.165) is 29.8 Å². The highest BCUT2D eigenvalue weighted by Crippen LogP contribution is 2.28. The standard InChI is InChI=1S/C21H21FN4O4S/c22-17-6-8-18(9-7-17)31(28,29)23-14-19(27)26-12-10-15(11-13-26)20-24-21(30-25-20)16-4-2-1-3-5-16/h1-9,15,23H,10-14H2. The molecule has 10 heteroatoms. The van der Waals surface area contributed by atoms with E-state index in [1.54, 1.807) is 4.90 Å². The summed E-state index contributed by atoms with van der Waals surface area (Å²) in [6.45, 7) is 0.582. The quantitative estimate of drug-likeness (QED) is 0.627. The molecule has 2 heterocycles. The van der Waals surface area contributed by atoms with E-state index in [1.165, 1.54) is 0 Å². The van der Waals surface area contributed by atoms with E-state index in [0.29, 0.717) is 37.6 Å². The number of nitrogens with one attached hydrogen (secondary N) is 1. The molecular formula is C21H21FN4O4S. The van der Waals surface area contributed by atoms with E-state index in [4.69, 9.17) is 4.52 Å². The third-order valence-electron chi connectivity index (χ3n) is 5.21. The van der Waals surface area contributed by atoms with Crippen molar-refractivity contribution < 1.29 is 22.1 Å². The molecule has 1 aromatic heterocycles. The minimum absolute atomic E-state index is 0.0705. The maximum absolute atomic E-state index is 13.0. The molecule has 0 radical (unpaired) electrons. The van der Waals surface area contributed by atoms with Gasteiger partial charge >= 0.3 is 0 Å². The number of hydrogen-bond donors (Lipinski definition) is 1. The van der Waals surface area contributed by atoms with Crippen LogP contribution >= 0.6 is 0 Å². The van der Waals surface area contributed by atoms with Gasteiger partial charge in [-0.25, -0.2) is 17.5 Å². The van der Waals surface area contributed by atoms with Gasteiger partial charge in [-0.1, -0.05) is 23.4 Å². The first-order chi connectivity index (χ1) is 14.9. The zero-order valence-electron chi connectivity index (χ0n) is 16.6. The summed E-state index contributed by atoms with van der Waals surface area (Å²) in [5.41, 5.74) is 0.849. The molecule has 8 nitrogen and oxygen atoms in total. The van der Waals surface area contributed by atoms with Crippen molar-refractivity contribution in [2.75, 3.05) is 19.6 Å². The second-order valence-electron chi connectivity index (χ2n) is 7.26. The molecule has 1 aliphatic rings. The van der Waals surface area contributed by atoms with Gasteiger partial charge in [-0.2, -0.15) is 4.98 Å². The third kappa shape index (κ3) is 4.97. The van der Waals surface area contributed by atoms with Gasteiger partial charge in [-0.05, 0) is 49.2 Å². The summed E-state index contributed by atoms with van der Waals surface area (Å²) < 4.78 is 45.1. The fraction of sp³-hybridized carbons (Fsp3) is 0.286. The molecule has 31 heavy (non-hydrogen) atoms. The molecule has 3 aromatic rings. The van der Waals surface area contributed by atoms with Gasteiger partial charge in [0.25, 0.3) is 5.89 Å². The summed E-state index contributed by atoms with van der Waals surface area (Å²) in [6, 6.07) is 13.9. The summed E-state index contributed by atoms with van der Waals surface area (Å²) in [5.74, 6) is 0.297. The summed E-state index contributed by atoms with van der Waals surface area (Å²) in [4.78, 5) is 18.5. The number of piperidine rings is 1. The number of aromatic nitrogens is 2. The van der Waals surface area contributed by atoms with E-state index >= 15 is 0 Å². The monoisotopic (exact) mass is 444 g/mol.